The molecule has 0 aliphatic heterocycles. The van der Waals surface area contributed by atoms with Crippen molar-refractivity contribution in [1.82, 2.24) is 14.6 Å². The Kier molecular flexibility index (Phi) is 4.36. The molecule has 3 rings (SSSR count). The van der Waals surface area contributed by atoms with E-state index in [4.69, 9.17) is 0 Å². The molecular formula is C16H16FN5O3S. The second-order valence-electron chi connectivity index (χ2n) is 5.84. The van der Waals surface area contributed by atoms with E-state index in [1.807, 2.05) is 6.92 Å². The number of nitrogens with one attached hydrogen (secondary N) is 2. The van der Waals surface area contributed by atoms with Gasteiger partial charge in [0.05, 0.1) is 28.9 Å². The molecule has 2 heterocycles. The average Bonchev–Trinajstić information content (AvgIpc) is 2.91. The highest BCUT2D eigenvalue weighted by Crippen LogP contribution is 2.21. The number of anilines is 2. The molecule has 0 radical (unpaired) electrons. The van der Waals surface area contributed by atoms with Crippen LogP contribution in [0.1, 0.15) is 21.7 Å². The molecule has 0 aliphatic carbocycles. The smallest absolute Gasteiger partial charge is 0.259 e. The number of amides is 1. The summed E-state index contributed by atoms with van der Waals surface area (Å²) in [7, 11) is -3.65. The number of benzene rings is 1. The van der Waals surface area contributed by atoms with Crippen molar-refractivity contribution in [2.45, 2.75) is 13.8 Å². The van der Waals surface area contributed by atoms with E-state index < -0.39 is 21.7 Å². The van der Waals surface area contributed by atoms with Gasteiger partial charge >= 0.3 is 0 Å². The predicted octanol–water partition coefficient (Wildman–Crippen LogP) is 2.11. The number of rotatable bonds is 4. The minimum atomic E-state index is -3.65. The number of carbonyl (C=O) groups excluding carboxylic acids is 1. The fourth-order valence-corrected chi connectivity index (χ4v) is 3.02. The van der Waals surface area contributed by atoms with Crippen LogP contribution in [0.3, 0.4) is 0 Å². The van der Waals surface area contributed by atoms with Gasteiger partial charge in [-0.15, -0.1) is 0 Å². The maximum Gasteiger partial charge on any atom is 0.259 e. The van der Waals surface area contributed by atoms with Crippen molar-refractivity contribution in [2.24, 2.45) is 0 Å². The Bertz CT molecular complexity index is 1120. The Morgan fingerprint density at radius 2 is 1.96 bits per heavy atom. The molecule has 2 N–H and O–H groups in total. The van der Waals surface area contributed by atoms with Crippen LogP contribution in [0, 0.1) is 19.7 Å². The van der Waals surface area contributed by atoms with Crippen LogP contribution in [0.4, 0.5) is 15.8 Å². The van der Waals surface area contributed by atoms with E-state index in [0.29, 0.717) is 16.9 Å². The van der Waals surface area contributed by atoms with E-state index in [1.165, 1.54) is 18.3 Å². The molecule has 0 unspecified atom stereocenters. The third kappa shape index (κ3) is 3.64. The fraction of sp³-hybridized carbons (Fsp3) is 0.188. The van der Waals surface area contributed by atoms with E-state index in [0.717, 1.165) is 18.0 Å². The van der Waals surface area contributed by atoms with Crippen LogP contribution in [0.15, 0.2) is 30.5 Å². The van der Waals surface area contributed by atoms with Crippen LogP contribution < -0.4 is 10.0 Å². The lowest BCUT2D eigenvalue weighted by Gasteiger charge is -2.11. The lowest BCUT2D eigenvalue weighted by molar-refractivity contribution is 0.102. The van der Waals surface area contributed by atoms with Gasteiger partial charge in [-0.1, -0.05) is 0 Å². The molecule has 8 nitrogen and oxygen atoms in total. The van der Waals surface area contributed by atoms with Crippen LogP contribution in [-0.4, -0.2) is 35.2 Å². The summed E-state index contributed by atoms with van der Waals surface area (Å²) >= 11 is 0. The topological polar surface area (TPSA) is 105 Å². The standard InChI is InChI=1S/C16H16FN5O3S/c1-9-6-15-18-8-12(10(2)22(15)20-9)16(23)19-11-4-5-13(17)14(7-11)21-26(3,24)25/h4-8,21H,1-3H3,(H,19,23). The summed E-state index contributed by atoms with van der Waals surface area (Å²) in [5.74, 6) is -1.22. The molecule has 0 aliphatic rings. The Morgan fingerprint density at radius 3 is 2.65 bits per heavy atom. The average molecular weight is 377 g/mol. The van der Waals surface area contributed by atoms with Gasteiger partial charge in [-0.25, -0.2) is 22.3 Å². The Hall–Kier alpha value is -3.01. The number of hydrogen-bond acceptors (Lipinski definition) is 5. The van der Waals surface area contributed by atoms with Gasteiger partial charge in [0.2, 0.25) is 10.0 Å². The molecule has 3 aromatic rings. The first kappa shape index (κ1) is 17.8. The van der Waals surface area contributed by atoms with Crippen molar-refractivity contribution in [2.75, 3.05) is 16.3 Å². The predicted molar refractivity (Wildman–Crippen MR) is 95.3 cm³/mol. The van der Waals surface area contributed by atoms with Crippen LogP contribution >= 0.6 is 0 Å². The van der Waals surface area contributed by atoms with Crippen LogP contribution in [0.25, 0.3) is 5.65 Å². The quantitative estimate of drug-likeness (QED) is 0.724. The molecule has 1 amide bonds. The molecule has 0 fully saturated rings. The third-order valence-corrected chi connectivity index (χ3v) is 4.20. The Balaban J connectivity index is 1.91. The molecule has 0 saturated heterocycles. The van der Waals surface area contributed by atoms with Crippen molar-refractivity contribution in [3.05, 3.63) is 53.2 Å². The summed E-state index contributed by atoms with van der Waals surface area (Å²) in [5.41, 5.74) is 2.27. The molecule has 0 spiro atoms. The van der Waals surface area contributed by atoms with Gasteiger partial charge in [0.25, 0.3) is 5.91 Å². The zero-order chi connectivity index (χ0) is 19.1. The highest BCUT2D eigenvalue weighted by atomic mass is 32.2. The maximum atomic E-state index is 13.7. The van der Waals surface area contributed by atoms with Gasteiger partial charge < -0.3 is 5.32 Å². The highest BCUT2D eigenvalue weighted by molar-refractivity contribution is 7.92. The summed E-state index contributed by atoms with van der Waals surface area (Å²) < 4.78 is 40.0. The highest BCUT2D eigenvalue weighted by Gasteiger charge is 2.15. The SMILES string of the molecule is Cc1cc2ncc(C(=O)Nc3ccc(F)c(NS(C)(=O)=O)c3)c(C)n2n1. The van der Waals surface area contributed by atoms with E-state index in [9.17, 15) is 17.6 Å². The first-order chi connectivity index (χ1) is 12.1. The molecule has 136 valence electrons. The number of sulfonamides is 1. The summed E-state index contributed by atoms with van der Waals surface area (Å²) in [6.45, 7) is 3.56. The van der Waals surface area contributed by atoms with Crippen molar-refractivity contribution < 1.29 is 17.6 Å². The Morgan fingerprint density at radius 1 is 1.23 bits per heavy atom. The number of halogens is 1. The lowest BCUT2D eigenvalue weighted by Crippen LogP contribution is -2.17. The van der Waals surface area contributed by atoms with E-state index in [2.05, 4.69) is 20.1 Å². The molecule has 2 aromatic heterocycles. The minimum Gasteiger partial charge on any atom is -0.322 e. The van der Waals surface area contributed by atoms with Crippen LogP contribution in [0.2, 0.25) is 0 Å². The van der Waals surface area contributed by atoms with Gasteiger partial charge in [-0.2, -0.15) is 5.10 Å². The van der Waals surface area contributed by atoms with E-state index in [1.54, 1.807) is 17.5 Å². The number of fused-ring (bicyclic) bond motifs is 1. The zero-order valence-electron chi connectivity index (χ0n) is 14.2. The summed E-state index contributed by atoms with van der Waals surface area (Å²) in [4.78, 5) is 16.7. The monoisotopic (exact) mass is 377 g/mol. The maximum absolute atomic E-state index is 13.7. The first-order valence-electron chi connectivity index (χ1n) is 7.55. The largest absolute Gasteiger partial charge is 0.322 e. The third-order valence-electron chi connectivity index (χ3n) is 3.61. The molecular weight excluding hydrogens is 361 g/mol. The Labute approximate surface area is 149 Å². The number of carbonyl (C=O) groups is 1. The second-order valence-corrected chi connectivity index (χ2v) is 7.58. The van der Waals surface area contributed by atoms with Gasteiger partial charge in [0.1, 0.15) is 5.82 Å². The molecule has 10 heteroatoms. The second kappa shape index (κ2) is 6.37. The number of aryl methyl sites for hydroxylation is 2. The molecule has 1 aromatic carbocycles. The molecule has 26 heavy (non-hydrogen) atoms. The fourth-order valence-electron chi connectivity index (χ4n) is 2.47. The van der Waals surface area contributed by atoms with Crippen LogP contribution in [0.5, 0.6) is 0 Å². The lowest BCUT2D eigenvalue weighted by atomic mass is 10.2. The molecule has 0 atom stereocenters. The van der Waals surface area contributed by atoms with Gasteiger partial charge in [0, 0.05) is 18.0 Å². The van der Waals surface area contributed by atoms with Crippen molar-refractivity contribution in [1.29, 1.82) is 0 Å². The summed E-state index contributed by atoms with van der Waals surface area (Å²) in [6, 6.07) is 5.39. The van der Waals surface area contributed by atoms with E-state index >= 15 is 0 Å². The van der Waals surface area contributed by atoms with Gasteiger partial charge in [-0.05, 0) is 32.0 Å². The minimum absolute atomic E-state index is 0.235. The first-order valence-corrected chi connectivity index (χ1v) is 9.44. The van der Waals surface area contributed by atoms with Gasteiger partial charge in [-0.3, -0.25) is 9.52 Å². The summed E-state index contributed by atoms with van der Waals surface area (Å²) in [6.07, 6.45) is 2.34. The van der Waals surface area contributed by atoms with Gasteiger partial charge in [0.15, 0.2) is 5.65 Å². The van der Waals surface area contributed by atoms with Crippen molar-refractivity contribution in [3.8, 4) is 0 Å². The van der Waals surface area contributed by atoms with Crippen LogP contribution in [-0.2, 0) is 10.0 Å². The summed E-state index contributed by atoms with van der Waals surface area (Å²) in [5, 5.41) is 6.88. The number of aromatic nitrogens is 3. The molecule has 0 bridgehead atoms. The number of hydrogen-bond donors (Lipinski definition) is 2. The van der Waals surface area contributed by atoms with Crippen molar-refractivity contribution >= 4 is 33.0 Å². The van der Waals surface area contributed by atoms with E-state index in [-0.39, 0.29) is 11.4 Å². The zero-order valence-corrected chi connectivity index (χ0v) is 15.1. The normalized spacial score (nSPS) is 11.5. The molecule has 0 saturated carbocycles. The van der Waals surface area contributed by atoms with Crippen molar-refractivity contribution in [3.63, 3.8) is 0 Å². The number of nitrogens with zero attached hydrogens (tertiary/aromatic N) is 3.